The van der Waals surface area contributed by atoms with Crippen LogP contribution in [0.2, 0.25) is 0 Å². The van der Waals surface area contributed by atoms with Crippen LogP contribution in [0.25, 0.3) is 22.6 Å². The highest BCUT2D eigenvalue weighted by Gasteiger charge is 2.14. The Morgan fingerprint density at radius 3 is 2.41 bits per heavy atom. The molecule has 0 amide bonds. The number of benzene rings is 2. The molecule has 0 saturated carbocycles. The Bertz CT molecular complexity index is 1470. The zero-order chi connectivity index (χ0) is 25.5. The minimum atomic E-state index is 0.0361. The lowest BCUT2D eigenvalue weighted by atomic mass is 10.0. The van der Waals surface area contributed by atoms with Gasteiger partial charge in [-0.25, -0.2) is 4.79 Å². The molecule has 0 aliphatic rings. The fourth-order valence-electron chi connectivity index (χ4n) is 4.60. The van der Waals surface area contributed by atoms with Gasteiger partial charge in [0.1, 0.15) is 0 Å². The Labute approximate surface area is 216 Å². The van der Waals surface area contributed by atoms with E-state index in [1.807, 2.05) is 76.1 Å². The summed E-state index contributed by atoms with van der Waals surface area (Å²) in [6.07, 6.45) is 8.99. The Balaban J connectivity index is 1.38. The molecule has 37 heavy (non-hydrogen) atoms. The van der Waals surface area contributed by atoms with E-state index in [0.29, 0.717) is 18.9 Å². The van der Waals surface area contributed by atoms with Crippen molar-refractivity contribution in [1.29, 1.82) is 0 Å². The van der Waals surface area contributed by atoms with Crippen LogP contribution in [0, 0.1) is 0 Å². The topological polar surface area (TPSA) is 94.3 Å². The van der Waals surface area contributed by atoms with Gasteiger partial charge in [-0.15, -0.1) is 10.2 Å². The van der Waals surface area contributed by atoms with Gasteiger partial charge in [0.15, 0.2) is 0 Å². The van der Waals surface area contributed by atoms with Crippen LogP contribution in [-0.2, 0) is 25.9 Å². The minimum absolute atomic E-state index is 0.0361. The van der Waals surface area contributed by atoms with Crippen LogP contribution in [0.4, 0.5) is 0 Å². The van der Waals surface area contributed by atoms with E-state index in [0.717, 1.165) is 60.2 Å². The number of hydrogen-bond donors (Lipinski definition) is 1. The number of unbranched alkanes of at least 4 members (excludes halogenated alkanes) is 2. The minimum Gasteiger partial charge on any atom is -0.299 e. The van der Waals surface area contributed by atoms with Crippen molar-refractivity contribution in [2.45, 2.75) is 52.1 Å². The Morgan fingerprint density at radius 1 is 0.865 bits per heavy atom. The fourth-order valence-corrected chi connectivity index (χ4v) is 4.60. The first-order valence-electron chi connectivity index (χ1n) is 12.8. The number of tetrazole rings is 1. The summed E-state index contributed by atoms with van der Waals surface area (Å²) in [5.74, 6) is 0.529. The van der Waals surface area contributed by atoms with E-state index in [4.69, 9.17) is 4.98 Å². The molecule has 0 saturated heterocycles. The molecule has 0 aliphatic heterocycles. The normalized spacial score (nSPS) is 11.2. The summed E-state index contributed by atoms with van der Waals surface area (Å²) in [4.78, 5) is 18.1. The van der Waals surface area contributed by atoms with Gasteiger partial charge in [0, 0.05) is 35.8 Å². The predicted octanol–water partition coefficient (Wildman–Crippen LogP) is 4.92. The van der Waals surface area contributed by atoms with E-state index in [9.17, 15) is 4.79 Å². The largest absolute Gasteiger partial charge is 0.328 e. The summed E-state index contributed by atoms with van der Waals surface area (Å²) in [6.45, 7) is 3.36. The Hall–Kier alpha value is -4.33. The average molecular weight is 494 g/mol. The number of aromatic nitrogens is 7. The number of rotatable bonds is 11. The highest BCUT2D eigenvalue weighted by atomic mass is 16.1. The maximum Gasteiger partial charge on any atom is 0.328 e. The van der Waals surface area contributed by atoms with Crippen molar-refractivity contribution in [3.8, 4) is 22.6 Å². The van der Waals surface area contributed by atoms with E-state index in [1.165, 1.54) is 5.56 Å². The number of imidazole rings is 1. The summed E-state index contributed by atoms with van der Waals surface area (Å²) in [6, 6.07) is 22.2. The van der Waals surface area contributed by atoms with Gasteiger partial charge in [-0.1, -0.05) is 80.4 Å². The van der Waals surface area contributed by atoms with Gasteiger partial charge in [-0.3, -0.25) is 14.1 Å². The Kier molecular flexibility index (Phi) is 7.64. The van der Waals surface area contributed by atoms with Crippen molar-refractivity contribution in [3.05, 3.63) is 106 Å². The second-order valence-electron chi connectivity index (χ2n) is 9.21. The molecule has 0 radical (unpaired) electrons. The molecule has 0 spiro atoms. The van der Waals surface area contributed by atoms with Crippen LogP contribution in [-0.4, -0.2) is 34.7 Å². The molecule has 1 N–H and O–H groups in total. The summed E-state index contributed by atoms with van der Waals surface area (Å²) in [5.41, 5.74) is 5.95. The van der Waals surface area contributed by atoms with E-state index in [-0.39, 0.29) is 5.69 Å². The summed E-state index contributed by atoms with van der Waals surface area (Å²) < 4.78 is 3.77. The third-order valence-electron chi connectivity index (χ3n) is 6.60. The number of H-pyrrole nitrogens is 1. The second kappa shape index (κ2) is 11.6. The molecule has 5 rings (SSSR count). The third-order valence-corrected chi connectivity index (χ3v) is 6.60. The highest BCUT2D eigenvalue weighted by molar-refractivity contribution is 5.78. The van der Waals surface area contributed by atoms with Gasteiger partial charge in [0.2, 0.25) is 5.82 Å². The molecule has 5 aromatic rings. The lowest BCUT2D eigenvalue weighted by Crippen LogP contribution is -2.26. The summed E-state index contributed by atoms with van der Waals surface area (Å²) in [5, 5.41) is 14.4. The van der Waals surface area contributed by atoms with Crippen molar-refractivity contribution < 1.29 is 0 Å². The molecule has 2 aromatic carbocycles. The fraction of sp³-hybridized carbons (Fsp3) is 0.276. The van der Waals surface area contributed by atoms with E-state index >= 15 is 0 Å². The number of aromatic amines is 1. The van der Waals surface area contributed by atoms with Gasteiger partial charge >= 0.3 is 5.69 Å². The van der Waals surface area contributed by atoms with Crippen LogP contribution in [0.1, 0.15) is 43.0 Å². The van der Waals surface area contributed by atoms with Crippen molar-refractivity contribution in [2.24, 2.45) is 0 Å². The van der Waals surface area contributed by atoms with Gasteiger partial charge in [-0.05, 0) is 41.7 Å². The van der Waals surface area contributed by atoms with Gasteiger partial charge in [0.05, 0.1) is 12.2 Å². The van der Waals surface area contributed by atoms with Crippen LogP contribution in [0.5, 0.6) is 0 Å². The Morgan fingerprint density at radius 2 is 1.68 bits per heavy atom. The molecule has 188 valence electrons. The first-order valence-corrected chi connectivity index (χ1v) is 12.8. The smallest absolute Gasteiger partial charge is 0.299 e. The molecule has 0 fully saturated rings. The van der Waals surface area contributed by atoms with E-state index in [2.05, 4.69) is 39.7 Å². The van der Waals surface area contributed by atoms with Gasteiger partial charge in [0.25, 0.3) is 0 Å². The number of aryl methyl sites for hydroxylation is 3. The monoisotopic (exact) mass is 493 g/mol. The van der Waals surface area contributed by atoms with Crippen molar-refractivity contribution in [2.75, 3.05) is 0 Å². The summed E-state index contributed by atoms with van der Waals surface area (Å²) >= 11 is 0. The molecule has 0 aliphatic carbocycles. The van der Waals surface area contributed by atoms with Gasteiger partial charge < -0.3 is 0 Å². The van der Waals surface area contributed by atoms with Crippen LogP contribution < -0.4 is 5.69 Å². The number of nitrogens with zero attached hydrogens (tertiary/aromatic N) is 6. The molecule has 3 aromatic heterocycles. The highest BCUT2D eigenvalue weighted by Crippen LogP contribution is 2.28. The van der Waals surface area contributed by atoms with E-state index in [1.54, 1.807) is 0 Å². The zero-order valence-electron chi connectivity index (χ0n) is 21.0. The quantitative estimate of drug-likeness (QED) is 0.264. The number of hydrogen-bond acceptors (Lipinski definition) is 5. The lowest BCUT2D eigenvalue weighted by Gasteiger charge is -2.09. The van der Waals surface area contributed by atoms with Crippen LogP contribution >= 0.6 is 0 Å². The maximum atomic E-state index is 13.4. The standard InChI is InChI=1S/C29H31N7O/c1-2-3-5-12-24-21-35(18-17-22-10-6-4-7-11-22)29(37)36(24)20-23-15-16-27(30-19-23)25-13-8-9-14-26(25)28-31-33-34-32-28/h4,6-11,13-16,19,21H,2-3,5,12,17-18,20H2,1H3,(H,31,32,33,34). The van der Waals surface area contributed by atoms with E-state index < -0.39 is 0 Å². The molecule has 3 heterocycles. The molecule has 0 unspecified atom stereocenters. The van der Waals surface area contributed by atoms with Crippen molar-refractivity contribution >= 4 is 0 Å². The van der Waals surface area contributed by atoms with Crippen LogP contribution in [0.3, 0.4) is 0 Å². The molecule has 0 bridgehead atoms. The number of pyridine rings is 1. The molecule has 8 heteroatoms. The first-order chi connectivity index (χ1) is 18.2. The molecular weight excluding hydrogens is 462 g/mol. The second-order valence-corrected chi connectivity index (χ2v) is 9.21. The third kappa shape index (κ3) is 5.74. The lowest BCUT2D eigenvalue weighted by molar-refractivity contribution is 0.621. The summed E-state index contributed by atoms with van der Waals surface area (Å²) in [7, 11) is 0. The molecular formula is C29H31N7O. The molecule has 8 nitrogen and oxygen atoms in total. The SMILES string of the molecule is CCCCCc1cn(CCc2ccccc2)c(=O)n1Cc1ccc(-c2ccccc2-c2nn[nH]n2)nc1. The first kappa shape index (κ1) is 24.4. The maximum absolute atomic E-state index is 13.4. The predicted molar refractivity (Wildman–Crippen MR) is 144 cm³/mol. The van der Waals surface area contributed by atoms with Gasteiger partial charge in [-0.2, -0.15) is 5.21 Å². The van der Waals surface area contributed by atoms with Crippen molar-refractivity contribution in [3.63, 3.8) is 0 Å². The van der Waals surface area contributed by atoms with Crippen LogP contribution in [0.15, 0.2) is 83.9 Å². The molecule has 0 atom stereocenters. The number of nitrogens with one attached hydrogen (secondary N) is 1. The average Bonchev–Trinajstić information content (AvgIpc) is 3.58. The van der Waals surface area contributed by atoms with Crippen molar-refractivity contribution in [1.82, 2.24) is 34.7 Å². The zero-order valence-corrected chi connectivity index (χ0v) is 21.0.